The summed E-state index contributed by atoms with van der Waals surface area (Å²) in [5, 5.41) is 0.625. The van der Waals surface area contributed by atoms with Gasteiger partial charge in [-0.3, -0.25) is 4.79 Å². The fourth-order valence-corrected chi connectivity index (χ4v) is 2.30. The lowest BCUT2D eigenvalue weighted by Crippen LogP contribution is -2.11. The molecule has 108 valence electrons. The van der Waals surface area contributed by atoms with Crippen LogP contribution in [0.3, 0.4) is 0 Å². The molecular weight excluding hydrogens is 311 g/mol. The van der Waals surface area contributed by atoms with Crippen LogP contribution in [-0.4, -0.2) is 11.8 Å². The second-order valence-corrected chi connectivity index (χ2v) is 5.41. The van der Waals surface area contributed by atoms with Crippen LogP contribution >= 0.6 is 23.2 Å². The van der Waals surface area contributed by atoms with Crippen LogP contribution in [0.5, 0.6) is 5.75 Å². The van der Waals surface area contributed by atoms with Crippen LogP contribution in [-0.2, 0) is 0 Å². The van der Waals surface area contributed by atoms with Crippen LogP contribution in [0, 0.1) is 6.92 Å². The Morgan fingerprint density at radius 2 is 1.71 bits per heavy atom. The van der Waals surface area contributed by atoms with Gasteiger partial charge in [0.15, 0.2) is 5.78 Å². The van der Waals surface area contributed by atoms with Gasteiger partial charge in [0.05, 0.1) is 16.1 Å². The molecule has 2 aromatic carbocycles. The number of carbonyl (C=O) groups excluding carboxylic acids is 2. The van der Waals surface area contributed by atoms with Gasteiger partial charge in [0, 0.05) is 5.02 Å². The number of esters is 1. The summed E-state index contributed by atoms with van der Waals surface area (Å²) in [5.41, 5.74) is 1.45. The number of Topliss-reactive ketones (excluding diaryl/α,β-unsaturated/α-hetero) is 1. The molecule has 0 amide bonds. The number of hydrogen-bond donors (Lipinski definition) is 0. The van der Waals surface area contributed by atoms with Gasteiger partial charge in [-0.2, -0.15) is 0 Å². The van der Waals surface area contributed by atoms with Crippen molar-refractivity contribution in [3.05, 3.63) is 63.1 Å². The zero-order valence-corrected chi connectivity index (χ0v) is 13.0. The first-order valence-corrected chi connectivity index (χ1v) is 6.93. The fourth-order valence-electron chi connectivity index (χ4n) is 1.82. The first-order chi connectivity index (χ1) is 9.88. The van der Waals surface area contributed by atoms with Crippen molar-refractivity contribution in [1.29, 1.82) is 0 Å². The van der Waals surface area contributed by atoms with Gasteiger partial charge >= 0.3 is 5.97 Å². The molecule has 0 spiro atoms. The average molecular weight is 323 g/mol. The fraction of sp³-hybridized carbons (Fsp3) is 0.125. The van der Waals surface area contributed by atoms with Gasteiger partial charge in [0.1, 0.15) is 5.75 Å². The molecule has 0 atom stereocenters. The van der Waals surface area contributed by atoms with E-state index < -0.39 is 5.97 Å². The molecule has 2 rings (SSSR count). The Morgan fingerprint density at radius 3 is 2.33 bits per heavy atom. The number of carbonyl (C=O) groups is 2. The normalized spacial score (nSPS) is 10.3. The number of hydrogen-bond acceptors (Lipinski definition) is 3. The molecule has 5 heteroatoms. The number of ether oxygens (including phenoxy) is 1. The third-order valence-electron chi connectivity index (χ3n) is 2.87. The molecule has 21 heavy (non-hydrogen) atoms. The summed E-state index contributed by atoms with van der Waals surface area (Å²) in [6.07, 6.45) is 0. The second-order valence-electron chi connectivity index (χ2n) is 4.57. The monoisotopic (exact) mass is 322 g/mol. The maximum Gasteiger partial charge on any atom is 0.345 e. The van der Waals surface area contributed by atoms with Gasteiger partial charge in [-0.1, -0.05) is 34.8 Å². The lowest BCUT2D eigenvalue weighted by Gasteiger charge is -2.10. The summed E-state index contributed by atoms with van der Waals surface area (Å²) < 4.78 is 5.28. The minimum Gasteiger partial charge on any atom is -0.422 e. The Balaban J connectivity index is 2.34. The third-order valence-corrected chi connectivity index (χ3v) is 3.42. The number of halogens is 2. The zero-order valence-electron chi connectivity index (χ0n) is 11.4. The van der Waals surface area contributed by atoms with E-state index in [9.17, 15) is 9.59 Å². The summed E-state index contributed by atoms with van der Waals surface area (Å²) in [4.78, 5) is 23.8. The molecule has 0 radical (unpaired) electrons. The van der Waals surface area contributed by atoms with E-state index in [4.69, 9.17) is 27.9 Å². The summed E-state index contributed by atoms with van der Waals surface area (Å²) in [7, 11) is 0. The Kier molecular flexibility index (Phi) is 4.66. The second kappa shape index (κ2) is 6.29. The summed E-state index contributed by atoms with van der Waals surface area (Å²) in [5.74, 6) is -0.601. The molecular formula is C16H12Cl2O3. The summed E-state index contributed by atoms with van der Waals surface area (Å²) in [6, 6.07) is 9.52. The van der Waals surface area contributed by atoms with Gasteiger partial charge in [-0.15, -0.1) is 0 Å². The van der Waals surface area contributed by atoms with Crippen molar-refractivity contribution in [3.63, 3.8) is 0 Å². The highest BCUT2D eigenvalue weighted by atomic mass is 35.5. The standard InChI is InChI=1S/C16H12Cl2O3/c1-9-3-6-15(13(7-9)10(2)19)21-16(20)12-5-4-11(17)8-14(12)18/h3-8H,1-2H3. The molecule has 3 nitrogen and oxygen atoms in total. The third kappa shape index (κ3) is 3.63. The van der Waals surface area contributed by atoms with Crippen molar-refractivity contribution in [2.45, 2.75) is 13.8 Å². The van der Waals surface area contributed by atoms with E-state index >= 15 is 0 Å². The average Bonchev–Trinajstić information content (AvgIpc) is 2.40. The lowest BCUT2D eigenvalue weighted by atomic mass is 10.1. The van der Waals surface area contributed by atoms with E-state index in [0.717, 1.165) is 5.56 Å². The van der Waals surface area contributed by atoms with Crippen LogP contribution in [0.4, 0.5) is 0 Å². The van der Waals surface area contributed by atoms with E-state index in [1.807, 2.05) is 6.92 Å². The SMILES string of the molecule is CC(=O)c1cc(C)ccc1OC(=O)c1ccc(Cl)cc1Cl. The lowest BCUT2D eigenvalue weighted by molar-refractivity contribution is 0.0733. The molecule has 0 fully saturated rings. The maximum absolute atomic E-state index is 12.1. The molecule has 2 aromatic rings. The predicted molar refractivity (Wildman–Crippen MR) is 82.6 cm³/mol. The Hall–Kier alpha value is -1.84. The molecule has 0 aromatic heterocycles. The molecule has 0 saturated carbocycles. The molecule has 0 unspecified atom stereocenters. The van der Waals surface area contributed by atoms with Crippen molar-refractivity contribution >= 4 is 35.0 Å². The van der Waals surface area contributed by atoms with Crippen LogP contribution in [0.25, 0.3) is 0 Å². The largest absolute Gasteiger partial charge is 0.422 e. The Labute approximate surface area is 132 Å². The van der Waals surface area contributed by atoms with Gasteiger partial charge < -0.3 is 4.74 Å². The number of benzene rings is 2. The van der Waals surface area contributed by atoms with Crippen molar-refractivity contribution in [2.24, 2.45) is 0 Å². The van der Waals surface area contributed by atoms with Crippen molar-refractivity contribution < 1.29 is 14.3 Å². The maximum atomic E-state index is 12.1. The smallest absolute Gasteiger partial charge is 0.345 e. The van der Waals surface area contributed by atoms with Crippen LogP contribution in [0.2, 0.25) is 10.0 Å². The highest BCUT2D eigenvalue weighted by Crippen LogP contribution is 2.25. The van der Waals surface area contributed by atoms with Gasteiger partial charge in [-0.25, -0.2) is 4.79 Å². The van der Waals surface area contributed by atoms with E-state index in [1.165, 1.54) is 19.1 Å². The van der Waals surface area contributed by atoms with Crippen molar-refractivity contribution in [3.8, 4) is 5.75 Å². The summed E-state index contributed by atoms with van der Waals surface area (Å²) in [6.45, 7) is 3.27. The molecule has 0 aliphatic heterocycles. The van der Waals surface area contributed by atoms with Crippen LogP contribution < -0.4 is 4.74 Å². The first-order valence-electron chi connectivity index (χ1n) is 6.17. The number of aryl methyl sites for hydroxylation is 1. The van der Waals surface area contributed by atoms with Crippen LogP contribution in [0.1, 0.15) is 33.2 Å². The van der Waals surface area contributed by atoms with Gasteiger partial charge in [0.2, 0.25) is 0 Å². The minimum atomic E-state index is -0.636. The molecule has 0 saturated heterocycles. The van der Waals surface area contributed by atoms with E-state index in [2.05, 4.69) is 0 Å². The Morgan fingerprint density at radius 1 is 1.00 bits per heavy atom. The Bertz CT molecular complexity index is 723. The molecule has 0 aliphatic rings. The predicted octanol–water partition coefficient (Wildman–Crippen LogP) is 4.72. The quantitative estimate of drug-likeness (QED) is 0.466. The highest BCUT2D eigenvalue weighted by molar-refractivity contribution is 6.36. The molecule has 0 N–H and O–H groups in total. The van der Waals surface area contributed by atoms with Gasteiger partial charge in [0.25, 0.3) is 0 Å². The first kappa shape index (κ1) is 15.5. The van der Waals surface area contributed by atoms with Crippen LogP contribution in [0.15, 0.2) is 36.4 Å². The van der Waals surface area contributed by atoms with Crippen molar-refractivity contribution in [2.75, 3.05) is 0 Å². The topological polar surface area (TPSA) is 43.4 Å². The number of rotatable bonds is 3. The minimum absolute atomic E-state index is 0.177. The van der Waals surface area contributed by atoms with E-state index in [0.29, 0.717) is 10.6 Å². The van der Waals surface area contributed by atoms with Gasteiger partial charge in [-0.05, 0) is 44.2 Å². The highest BCUT2D eigenvalue weighted by Gasteiger charge is 2.16. The summed E-state index contributed by atoms with van der Waals surface area (Å²) >= 11 is 11.8. The molecule has 0 bridgehead atoms. The number of ketones is 1. The van der Waals surface area contributed by atoms with Crippen molar-refractivity contribution in [1.82, 2.24) is 0 Å². The van der Waals surface area contributed by atoms with E-state index in [1.54, 1.807) is 24.3 Å². The molecule has 0 aliphatic carbocycles. The van der Waals surface area contributed by atoms with E-state index in [-0.39, 0.29) is 22.1 Å². The zero-order chi connectivity index (χ0) is 15.6. The molecule has 0 heterocycles.